The minimum atomic E-state index is -2.81. The van der Waals surface area contributed by atoms with Crippen LogP contribution < -0.4 is 10.1 Å². The van der Waals surface area contributed by atoms with Gasteiger partial charge in [0.1, 0.15) is 5.75 Å². The Balaban J connectivity index is 2.76. The van der Waals surface area contributed by atoms with Crippen molar-refractivity contribution in [3.63, 3.8) is 0 Å². The Morgan fingerprint density at radius 3 is 2.71 bits per heavy atom. The van der Waals surface area contributed by atoms with Crippen LogP contribution in [0.3, 0.4) is 0 Å². The minimum absolute atomic E-state index is 0.0919. The molecule has 0 aliphatic heterocycles. The highest BCUT2D eigenvalue weighted by molar-refractivity contribution is 5.35. The van der Waals surface area contributed by atoms with Crippen molar-refractivity contribution >= 4 is 0 Å². The van der Waals surface area contributed by atoms with Crippen molar-refractivity contribution in [1.29, 1.82) is 0 Å². The third kappa shape index (κ3) is 4.41. The Morgan fingerprint density at radius 1 is 1.35 bits per heavy atom. The number of ether oxygens (including phenoxy) is 1. The van der Waals surface area contributed by atoms with E-state index in [2.05, 4.69) is 21.9 Å². The average molecular weight is 239 g/mol. The van der Waals surface area contributed by atoms with E-state index in [1.807, 2.05) is 6.92 Å². The van der Waals surface area contributed by atoms with Crippen molar-refractivity contribution in [2.75, 3.05) is 6.54 Å². The lowest BCUT2D eigenvalue weighted by Crippen LogP contribution is -2.20. The molecule has 0 bridgehead atoms. The van der Waals surface area contributed by atoms with Crippen LogP contribution >= 0.6 is 0 Å². The zero-order valence-electron chi connectivity index (χ0n) is 9.84. The van der Waals surface area contributed by atoms with Gasteiger partial charge < -0.3 is 4.74 Å². The fourth-order valence-corrected chi connectivity index (χ4v) is 1.44. The summed E-state index contributed by atoms with van der Waals surface area (Å²) in [5.74, 6) is 5.82. The first-order chi connectivity index (χ1) is 8.15. The molecule has 0 amide bonds. The van der Waals surface area contributed by atoms with E-state index in [1.54, 1.807) is 25.1 Å². The van der Waals surface area contributed by atoms with Crippen LogP contribution in [0.15, 0.2) is 24.3 Å². The van der Waals surface area contributed by atoms with Gasteiger partial charge in [-0.1, -0.05) is 24.1 Å². The summed E-state index contributed by atoms with van der Waals surface area (Å²) in [5, 5.41) is 3.11. The van der Waals surface area contributed by atoms with Crippen LogP contribution in [-0.4, -0.2) is 13.2 Å². The van der Waals surface area contributed by atoms with Gasteiger partial charge in [-0.15, -0.1) is 5.92 Å². The van der Waals surface area contributed by atoms with Crippen LogP contribution in [0.4, 0.5) is 8.78 Å². The van der Waals surface area contributed by atoms with Crippen LogP contribution in [0, 0.1) is 11.8 Å². The second-order valence-electron chi connectivity index (χ2n) is 3.45. The van der Waals surface area contributed by atoms with Crippen LogP contribution in [0.5, 0.6) is 5.75 Å². The molecule has 0 aromatic heterocycles. The number of rotatable bonds is 5. The Labute approximate surface area is 100.0 Å². The lowest BCUT2D eigenvalue weighted by molar-refractivity contribution is -0.0506. The minimum Gasteiger partial charge on any atom is -0.434 e. The first-order valence-corrected chi connectivity index (χ1v) is 5.32. The molecule has 92 valence electrons. The molecule has 0 fully saturated rings. The molecule has 0 aliphatic rings. The topological polar surface area (TPSA) is 21.3 Å². The first kappa shape index (κ1) is 13.5. The molecule has 4 heteroatoms. The van der Waals surface area contributed by atoms with Crippen molar-refractivity contribution in [2.45, 2.75) is 26.5 Å². The van der Waals surface area contributed by atoms with E-state index < -0.39 is 6.61 Å². The van der Waals surface area contributed by atoms with Crippen molar-refractivity contribution in [1.82, 2.24) is 5.32 Å². The van der Waals surface area contributed by atoms with Gasteiger partial charge in [-0.2, -0.15) is 8.78 Å². The van der Waals surface area contributed by atoms with Gasteiger partial charge in [-0.25, -0.2) is 0 Å². The van der Waals surface area contributed by atoms with E-state index in [1.165, 1.54) is 6.07 Å². The number of hydrogen-bond donors (Lipinski definition) is 1. The number of benzene rings is 1. The zero-order chi connectivity index (χ0) is 12.7. The van der Waals surface area contributed by atoms with Crippen LogP contribution in [0.25, 0.3) is 0 Å². The van der Waals surface area contributed by atoms with Gasteiger partial charge in [0, 0.05) is 11.6 Å². The molecule has 1 aromatic carbocycles. The molecule has 0 saturated carbocycles. The van der Waals surface area contributed by atoms with E-state index >= 15 is 0 Å². The van der Waals surface area contributed by atoms with Crippen molar-refractivity contribution in [2.24, 2.45) is 0 Å². The quantitative estimate of drug-likeness (QED) is 0.798. The van der Waals surface area contributed by atoms with Gasteiger partial charge >= 0.3 is 6.61 Å². The summed E-state index contributed by atoms with van der Waals surface area (Å²) in [7, 11) is 0. The fourth-order valence-electron chi connectivity index (χ4n) is 1.44. The van der Waals surface area contributed by atoms with Gasteiger partial charge in [-0.05, 0) is 19.9 Å². The van der Waals surface area contributed by atoms with Crippen LogP contribution in [0.2, 0.25) is 0 Å². The zero-order valence-corrected chi connectivity index (χ0v) is 9.84. The molecular formula is C13H15F2NO. The second kappa shape index (κ2) is 6.87. The van der Waals surface area contributed by atoms with Crippen molar-refractivity contribution in [3.05, 3.63) is 29.8 Å². The molecule has 1 N–H and O–H groups in total. The Kier molecular flexibility index (Phi) is 5.44. The van der Waals surface area contributed by atoms with Crippen molar-refractivity contribution in [3.8, 4) is 17.6 Å². The Hall–Kier alpha value is -1.60. The number of nitrogens with one attached hydrogen (secondary N) is 1. The van der Waals surface area contributed by atoms with E-state index in [4.69, 9.17) is 0 Å². The predicted octanol–water partition coefficient (Wildman–Crippen LogP) is 2.96. The number of halogens is 2. The largest absolute Gasteiger partial charge is 0.434 e. The Morgan fingerprint density at radius 2 is 2.06 bits per heavy atom. The van der Waals surface area contributed by atoms with Gasteiger partial charge in [0.15, 0.2) is 0 Å². The summed E-state index contributed by atoms with van der Waals surface area (Å²) < 4.78 is 28.9. The maximum atomic E-state index is 12.2. The fraction of sp³-hybridized carbons (Fsp3) is 0.385. The predicted molar refractivity (Wildman–Crippen MR) is 62.9 cm³/mol. The third-order valence-corrected chi connectivity index (χ3v) is 2.27. The highest BCUT2D eigenvalue weighted by Gasteiger charge is 2.13. The maximum Gasteiger partial charge on any atom is 0.387 e. The molecule has 0 aliphatic carbocycles. The van der Waals surface area contributed by atoms with Gasteiger partial charge in [0.05, 0.1) is 6.54 Å². The molecule has 0 heterocycles. The monoisotopic (exact) mass is 239 g/mol. The first-order valence-electron chi connectivity index (χ1n) is 5.32. The average Bonchev–Trinajstić information content (AvgIpc) is 2.29. The molecule has 1 unspecified atom stereocenters. The van der Waals surface area contributed by atoms with Crippen LogP contribution in [-0.2, 0) is 0 Å². The van der Waals surface area contributed by atoms with Crippen LogP contribution in [0.1, 0.15) is 25.5 Å². The standard InChI is InChI=1S/C13H15F2NO/c1-3-4-9-16-10(2)11-7-5-6-8-12(11)17-13(14)15/h5-8,10,13,16H,9H2,1-2H3. The molecular weight excluding hydrogens is 224 g/mol. The highest BCUT2D eigenvalue weighted by Crippen LogP contribution is 2.25. The summed E-state index contributed by atoms with van der Waals surface area (Å²) in [5.41, 5.74) is 0.700. The van der Waals surface area contributed by atoms with Gasteiger partial charge in [0.25, 0.3) is 0 Å². The Bertz CT molecular complexity index is 409. The molecule has 0 saturated heterocycles. The molecule has 0 spiro atoms. The SMILES string of the molecule is CC#CCNC(C)c1ccccc1OC(F)F. The molecule has 1 aromatic rings. The summed E-state index contributed by atoms with van der Waals surface area (Å²) in [6, 6.07) is 6.66. The van der Waals surface area contributed by atoms with E-state index in [0.717, 1.165) is 0 Å². The summed E-state index contributed by atoms with van der Waals surface area (Å²) in [4.78, 5) is 0. The van der Waals surface area contributed by atoms with E-state index in [-0.39, 0.29) is 11.8 Å². The molecule has 0 radical (unpaired) electrons. The molecule has 17 heavy (non-hydrogen) atoms. The molecule has 2 nitrogen and oxygen atoms in total. The number of hydrogen-bond acceptors (Lipinski definition) is 2. The second-order valence-corrected chi connectivity index (χ2v) is 3.45. The number of para-hydroxylation sites is 1. The summed E-state index contributed by atoms with van der Waals surface area (Å²) in [6.45, 7) is 1.34. The summed E-state index contributed by atoms with van der Waals surface area (Å²) >= 11 is 0. The lowest BCUT2D eigenvalue weighted by atomic mass is 10.1. The smallest absolute Gasteiger partial charge is 0.387 e. The maximum absolute atomic E-state index is 12.2. The number of alkyl halides is 2. The van der Waals surface area contributed by atoms with Gasteiger partial charge in [-0.3, -0.25) is 5.32 Å². The normalized spacial score (nSPS) is 11.8. The third-order valence-electron chi connectivity index (χ3n) is 2.27. The highest BCUT2D eigenvalue weighted by atomic mass is 19.3. The van der Waals surface area contributed by atoms with E-state index in [9.17, 15) is 8.78 Å². The summed E-state index contributed by atoms with van der Waals surface area (Å²) in [6.07, 6.45) is 0. The molecule has 1 rings (SSSR count). The van der Waals surface area contributed by atoms with E-state index in [0.29, 0.717) is 12.1 Å². The van der Waals surface area contributed by atoms with Gasteiger partial charge in [0.2, 0.25) is 0 Å². The molecule has 1 atom stereocenters. The van der Waals surface area contributed by atoms with Crippen molar-refractivity contribution < 1.29 is 13.5 Å². The lowest BCUT2D eigenvalue weighted by Gasteiger charge is -2.16.